The molecule has 0 saturated carbocycles. The topological polar surface area (TPSA) is 72.5 Å². The van der Waals surface area contributed by atoms with Crippen LogP contribution in [0.5, 0.6) is 0 Å². The Kier molecular flexibility index (Phi) is 5.68. The molecule has 0 atom stereocenters. The molecule has 0 radical (unpaired) electrons. The molecule has 5 nitrogen and oxygen atoms in total. The standard InChI is InChI=1S/C36H25NO4/c1-3-41-36(40)37-27-18-9-8-17-26(27)31-28(21-12-10-11-20(2)19-21)32-30(23-14-5-7-16-25(23)34(32)38)33-29(31)22-13-4-6-15-24(22)35(33)39/h4-19H,3H2,1-2H3,(H,37,40). The predicted molar refractivity (Wildman–Crippen MR) is 168 cm³/mol. The molecular formula is C36H25NO4. The minimum absolute atomic E-state index is 0.107. The van der Waals surface area contributed by atoms with Crippen molar-refractivity contribution in [2.24, 2.45) is 0 Å². The van der Waals surface area contributed by atoms with Crippen molar-refractivity contribution < 1.29 is 9.53 Å². The fourth-order valence-corrected chi connectivity index (χ4v) is 6.26. The van der Waals surface area contributed by atoms with E-state index in [0.29, 0.717) is 38.2 Å². The third-order valence-electron chi connectivity index (χ3n) is 7.85. The van der Waals surface area contributed by atoms with Crippen LogP contribution >= 0.6 is 0 Å². The normalized spacial score (nSPS) is 11.6. The number of carbonyl (C=O) groups excluding carboxylic acids is 1. The van der Waals surface area contributed by atoms with Crippen molar-refractivity contribution in [2.45, 2.75) is 13.8 Å². The highest BCUT2D eigenvalue weighted by Gasteiger charge is 2.28. The van der Waals surface area contributed by atoms with Gasteiger partial charge < -0.3 is 4.74 Å². The summed E-state index contributed by atoms with van der Waals surface area (Å²) in [4.78, 5) is 41.1. The molecule has 1 amide bonds. The van der Waals surface area contributed by atoms with Gasteiger partial charge in [0.15, 0.2) is 10.9 Å². The predicted octanol–water partition coefficient (Wildman–Crippen LogP) is 8.11. The Morgan fingerprint density at radius 3 is 1.95 bits per heavy atom. The molecule has 7 rings (SSSR count). The Morgan fingerprint density at radius 1 is 0.659 bits per heavy atom. The summed E-state index contributed by atoms with van der Waals surface area (Å²) >= 11 is 0. The van der Waals surface area contributed by atoms with Gasteiger partial charge in [-0.2, -0.15) is 0 Å². The van der Waals surface area contributed by atoms with Crippen LogP contribution in [0.4, 0.5) is 10.5 Å². The molecular weight excluding hydrogens is 510 g/mol. The number of carbonyl (C=O) groups is 1. The Balaban J connectivity index is 1.80. The summed E-state index contributed by atoms with van der Waals surface area (Å²) in [5.74, 6) is 0. The number of aryl methyl sites for hydroxylation is 1. The van der Waals surface area contributed by atoms with E-state index in [1.807, 2.05) is 97.9 Å². The zero-order valence-electron chi connectivity index (χ0n) is 22.6. The van der Waals surface area contributed by atoms with Crippen LogP contribution in [0.25, 0.3) is 65.3 Å². The first kappa shape index (κ1) is 24.7. The van der Waals surface area contributed by atoms with E-state index in [1.54, 1.807) is 6.92 Å². The Bertz CT molecular complexity index is 2270. The molecule has 198 valence electrons. The first-order chi connectivity index (χ1) is 20.0. The van der Waals surface area contributed by atoms with Crippen LogP contribution in [0.3, 0.4) is 0 Å². The van der Waals surface area contributed by atoms with Gasteiger partial charge in [0, 0.05) is 49.0 Å². The molecule has 0 spiro atoms. The number of hydrogen-bond acceptors (Lipinski definition) is 4. The summed E-state index contributed by atoms with van der Waals surface area (Å²) in [6.07, 6.45) is -0.574. The number of ether oxygens (including phenoxy) is 1. The van der Waals surface area contributed by atoms with Gasteiger partial charge in [-0.15, -0.1) is 0 Å². The van der Waals surface area contributed by atoms with Crippen molar-refractivity contribution in [3.05, 3.63) is 123 Å². The number of amides is 1. The maximum Gasteiger partial charge on any atom is 0.411 e. The van der Waals surface area contributed by atoms with Crippen molar-refractivity contribution in [1.82, 2.24) is 0 Å². The second-order valence-electron chi connectivity index (χ2n) is 10.3. The quantitative estimate of drug-likeness (QED) is 0.247. The van der Waals surface area contributed by atoms with Crippen LogP contribution < -0.4 is 16.2 Å². The van der Waals surface area contributed by atoms with Crippen LogP contribution in [-0.2, 0) is 4.74 Å². The molecule has 0 aliphatic rings. The van der Waals surface area contributed by atoms with Crippen LogP contribution in [-0.4, -0.2) is 12.7 Å². The Hall–Kier alpha value is -5.29. The molecule has 0 aliphatic heterocycles. The number of fused-ring (bicyclic) bond motifs is 7. The lowest BCUT2D eigenvalue weighted by Gasteiger charge is -2.18. The first-order valence-electron chi connectivity index (χ1n) is 13.6. The molecule has 41 heavy (non-hydrogen) atoms. The zero-order chi connectivity index (χ0) is 28.2. The van der Waals surface area contributed by atoms with Crippen molar-refractivity contribution in [3.8, 4) is 22.3 Å². The number of anilines is 1. The van der Waals surface area contributed by atoms with Crippen molar-refractivity contribution in [3.63, 3.8) is 0 Å². The van der Waals surface area contributed by atoms with Gasteiger partial charge in [-0.3, -0.25) is 14.9 Å². The number of nitrogens with one attached hydrogen (secondary N) is 1. The maximum atomic E-state index is 14.3. The monoisotopic (exact) mass is 535 g/mol. The Morgan fingerprint density at radius 2 is 1.27 bits per heavy atom. The molecule has 0 aliphatic carbocycles. The van der Waals surface area contributed by atoms with E-state index in [1.165, 1.54) is 0 Å². The smallest absolute Gasteiger partial charge is 0.411 e. The summed E-state index contributed by atoms with van der Waals surface area (Å²) in [6, 6.07) is 30.6. The summed E-state index contributed by atoms with van der Waals surface area (Å²) in [5, 5.41) is 8.13. The zero-order valence-corrected chi connectivity index (χ0v) is 22.6. The average Bonchev–Trinajstić information content (AvgIpc) is 3.44. The van der Waals surface area contributed by atoms with E-state index in [2.05, 4.69) is 11.4 Å². The molecule has 5 heteroatoms. The summed E-state index contributed by atoms with van der Waals surface area (Å²) in [7, 11) is 0. The van der Waals surface area contributed by atoms with E-state index in [4.69, 9.17) is 4.74 Å². The van der Waals surface area contributed by atoms with Gasteiger partial charge >= 0.3 is 6.09 Å². The van der Waals surface area contributed by atoms with Crippen molar-refractivity contribution in [1.29, 1.82) is 0 Å². The molecule has 0 heterocycles. The highest BCUT2D eigenvalue weighted by atomic mass is 16.5. The molecule has 7 aromatic rings. The third kappa shape index (κ3) is 3.66. The lowest BCUT2D eigenvalue weighted by Crippen LogP contribution is -2.14. The second kappa shape index (κ2) is 9.42. The first-order valence-corrected chi connectivity index (χ1v) is 13.6. The average molecular weight is 536 g/mol. The lowest BCUT2D eigenvalue weighted by atomic mass is 9.85. The van der Waals surface area contributed by atoms with E-state index in [9.17, 15) is 14.4 Å². The van der Waals surface area contributed by atoms with Gasteiger partial charge in [0.25, 0.3) is 0 Å². The van der Waals surface area contributed by atoms with Gasteiger partial charge in [0.05, 0.1) is 12.3 Å². The molecule has 1 N–H and O–H groups in total. The van der Waals surface area contributed by atoms with E-state index >= 15 is 0 Å². The SMILES string of the molecule is CCOC(=O)Nc1ccccc1-c1c(-c2cccc(C)c2)c2c(=O)c3ccccc3c2c2c(=O)c3ccccc3c12. The molecule has 7 aromatic carbocycles. The summed E-state index contributed by atoms with van der Waals surface area (Å²) in [6.45, 7) is 3.99. The maximum absolute atomic E-state index is 14.3. The summed E-state index contributed by atoms with van der Waals surface area (Å²) < 4.78 is 5.21. The van der Waals surface area contributed by atoms with Crippen LogP contribution in [0.15, 0.2) is 107 Å². The third-order valence-corrected chi connectivity index (χ3v) is 7.85. The minimum Gasteiger partial charge on any atom is -0.450 e. The number of benzene rings is 5. The van der Waals surface area contributed by atoms with Crippen molar-refractivity contribution >= 4 is 54.9 Å². The van der Waals surface area contributed by atoms with Gasteiger partial charge in [0.2, 0.25) is 0 Å². The van der Waals surface area contributed by atoms with Gasteiger partial charge in [-0.1, -0.05) is 96.6 Å². The molecule has 0 saturated heterocycles. The van der Waals surface area contributed by atoms with Gasteiger partial charge in [-0.25, -0.2) is 4.79 Å². The van der Waals surface area contributed by atoms with Crippen LogP contribution in [0.1, 0.15) is 12.5 Å². The Labute approximate surface area is 235 Å². The highest BCUT2D eigenvalue weighted by Crippen LogP contribution is 2.49. The summed E-state index contributed by atoms with van der Waals surface area (Å²) in [5.41, 5.74) is 4.39. The highest BCUT2D eigenvalue weighted by molar-refractivity contribution is 6.36. The molecule has 0 bridgehead atoms. The molecule has 0 unspecified atom stereocenters. The van der Waals surface area contributed by atoms with Gasteiger partial charge in [0.1, 0.15) is 0 Å². The minimum atomic E-state index is -0.574. The number of rotatable bonds is 4. The largest absolute Gasteiger partial charge is 0.450 e. The number of hydrogen-bond donors (Lipinski definition) is 1. The van der Waals surface area contributed by atoms with E-state index < -0.39 is 6.09 Å². The fourth-order valence-electron chi connectivity index (χ4n) is 6.26. The van der Waals surface area contributed by atoms with Crippen molar-refractivity contribution in [2.75, 3.05) is 11.9 Å². The fraction of sp³-hybridized carbons (Fsp3) is 0.0833. The molecule has 0 aromatic heterocycles. The van der Waals surface area contributed by atoms with Crippen LogP contribution in [0.2, 0.25) is 0 Å². The van der Waals surface area contributed by atoms with E-state index in [-0.39, 0.29) is 17.5 Å². The van der Waals surface area contributed by atoms with E-state index in [0.717, 1.165) is 38.4 Å². The second-order valence-corrected chi connectivity index (χ2v) is 10.3. The van der Waals surface area contributed by atoms with Gasteiger partial charge in [-0.05, 0) is 36.2 Å². The number of para-hydroxylation sites is 1. The lowest BCUT2D eigenvalue weighted by molar-refractivity contribution is 0.168. The van der Waals surface area contributed by atoms with Crippen LogP contribution in [0, 0.1) is 6.92 Å². The molecule has 0 fully saturated rings.